The summed E-state index contributed by atoms with van der Waals surface area (Å²) in [6, 6.07) is 13.2. The Morgan fingerprint density at radius 2 is 2.02 bits per heavy atom. The van der Waals surface area contributed by atoms with Gasteiger partial charge in [-0.3, -0.25) is 19.4 Å². The average molecular weight is 575 g/mol. The summed E-state index contributed by atoms with van der Waals surface area (Å²) in [7, 11) is 1.55. The number of Topliss-reactive ketones (excluding diaryl/α,β-unsaturated/α-hetero) is 1. The molecule has 0 radical (unpaired) electrons. The largest absolute Gasteiger partial charge is 0.497 e. The Morgan fingerprint density at radius 1 is 1.15 bits per heavy atom. The Kier molecular flexibility index (Phi) is 7.14. The highest BCUT2D eigenvalue weighted by Crippen LogP contribution is 2.32. The normalized spacial score (nSPS) is 18.8. The van der Waals surface area contributed by atoms with Crippen LogP contribution in [-0.2, 0) is 16.0 Å². The average Bonchev–Trinajstić information content (AvgIpc) is 3.78. The van der Waals surface area contributed by atoms with E-state index >= 15 is 0 Å². The van der Waals surface area contributed by atoms with Gasteiger partial charge in [-0.25, -0.2) is 4.79 Å². The van der Waals surface area contributed by atoms with Crippen LogP contribution in [-0.4, -0.2) is 76.8 Å². The summed E-state index contributed by atoms with van der Waals surface area (Å²) in [6.07, 6.45) is 1.31. The van der Waals surface area contributed by atoms with Gasteiger partial charge in [-0.05, 0) is 48.2 Å². The number of benzene rings is 1. The maximum absolute atomic E-state index is 13.9. The standard InChI is InChI=1S/C29H26N4O7S/c1-38-18-7-8-24-17(13-18)14-25(39-24)40-29(37)31-21(15-19-5-4-12-41-19)28(36)32-11-9-22-26(32)23(34)16-33(22)27(35)20-6-2-3-10-30-20/h2-8,10,12-14,21-22,26H,9,11,15-16H2,1H3,(H,31,37). The molecule has 12 heteroatoms. The number of hydrogen-bond acceptors (Lipinski definition) is 9. The van der Waals surface area contributed by atoms with E-state index in [2.05, 4.69) is 10.3 Å². The van der Waals surface area contributed by atoms with E-state index in [9.17, 15) is 19.2 Å². The van der Waals surface area contributed by atoms with Crippen LogP contribution >= 0.6 is 11.3 Å². The Morgan fingerprint density at radius 3 is 2.78 bits per heavy atom. The predicted molar refractivity (Wildman–Crippen MR) is 148 cm³/mol. The molecule has 4 aromatic rings. The number of carbonyl (C=O) groups excluding carboxylic acids is 4. The van der Waals surface area contributed by atoms with Crippen LogP contribution in [0, 0.1) is 0 Å². The highest BCUT2D eigenvalue weighted by atomic mass is 32.1. The van der Waals surface area contributed by atoms with Crippen LogP contribution in [0.5, 0.6) is 11.7 Å². The second kappa shape index (κ2) is 11.0. The fourth-order valence-corrected chi connectivity index (χ4v) is 6.20. The van der Waals surface area contributed by atoms with E-state index in [0.717, 1.165) is 4.88 Å². The molecule has 41 heavy (non-hydrogen) atoms. The first-order valence-corrected chi connectivity index (χ1v) is 13.9. The second-order valence-corrected chi connectivity index (χ2v) is 10.8. The van der Waals surface area contributed by atoms with Crippen LogP contribution in [0.4, 0.5) is 4.79 Å². The van der Waals surface area contributed by atoms with Gasteiger partial charge in [0, 0.05) is 35.5 Å². The summed E-state index contributed by atoms with van der Waals surface area (Å²) in [5.74, 6) is -0.399. The van der Waals surface area contributed by atoms with Crippen molar-refractivity contribution >= 4 is 46.0 Å². The molecule has 2 saturated heterocycles. The Bertz CT molecular complexity index is 1600. The van der Waals surface area contributed by atoms with E-state index in [1.807, 2.05) is 17.5 Å². The molecule has 0 saturated carbocycles. The summed E-state index contributed by atoms with van der Waals surface area (Å²) in [4.78, 5) is 61.0. The van der Waals surface area contributed by atoms with Crippen molar-refractivity contribution in [3.63, 3.8) is 0 Å². The molecule has 2 fully saturated rings. The molecular formula is C29H26N4O7S. The van der Waals surface area contributed by atoms with Gasteiger partial charge in [-0.1, -0.05) is 12.1 Å². The van der Waals surface area contributed by atoms with Crippen molar-refractivity contribution in [2.24, 2.45) is 0 Å². The summed E-state index contributed by atoms with van der Waals surface area (Å²) >= 11 is 1.45. The van der Waals surface area contributed by atoms with Crippen LogP contribution in [0.25, 0.3) is 11.0 Å². The van der Waals surface area contributed by atoms with E-state index in [0.29, 0.717) is 23.1 Å². The lowest BCUT2D eigenvalue weighted by molar-refractivity contribution is -0.138. The van der Waals surface area contributed by atoms with Crippen LogP contribution in [0.15, 0.2) is 70.6 Å². The Labute approximate surface area is 238 Å². The molecule has 3 atom stereocenters. The Hall–Kier alpha value is -4.71. The molecule has 0 aliphatic carbocycles. The van der Waals surface area contributed by atoms with Gasteiger partial charge in [0.1, 0.15) is 29.1 Å². The van der Waals surface area contributed by atoms with Gasteiger partial charge in [-0.15, -0.1) is 11.3 Å². The molecule has 3 unspecified atom stereocenters. The fraction of sp³-hybridized carbons (Fsp3) is 0.276. The molecule has 6 rings (SSSR count). The highest BCUT2D eigenvalue weighted by molar-refractivity contribution is 7.09. The van der Waals surface area contributed by atoms with E-state index < -0.39 is 30.1 Å². The molecule has 210 valence electrons. The molecule has 2 aliphatic rings. The molecule has 5 heterocycles. The number of rotatable bonds is 7. The topological polar surface area (TPSA) is 131 Å². The summed E-state index contributed by atoms with van der Waals surface area (Å²) in [5.41, 5.74) is 0.752. The number of furan rings is 1. The van der Waals surface area contributed by atoms with E-state index in [4.69, 9.17) is 13.9 Å². The SMILES string of the molecule is COc1ccc2oc(OC(=O)NC(Cc3cccs3)C(=O)N3CCC4C3C(=O)CN4C(=O)c3ccccn3)cc2c1. The molecular weight excluding hydrogens is 548 g/mol. The van der Waals surface area contributed by atoms with Crippen molar-refractivity contribution in [2.45, 2.75) is 31.0 Å². The molecule has 0 bridgehead atoms. The summed E-state index contributed by atoms with van der Waals surface area (Å²) < 4.78 is 16.2. The lowest BCUT2D eigenvalue weighted by atomic mass is 10.1. The predicted octanol–water partition coefficient (Wildman–Crippen LogP) is 3.29. The summed E-state index contributed by atoms with van der Waals surface area (Å²) in [5, 5.41) is 5.24. The fourth-order valence-electron chi connectivity index (χ4n) is 5.44. The van der Waals surface area contributed by atoms with E-state index in [1.54, 1.807) is 49.6 Å². The Balaban J connectivity index is 1.18. The van der Waals surface area contributed by atoms with Gasteiger partial charge in [0.15, 0.2) is 5.78 Å². The molecule has 1 aromatic carbocycles. The third kappa shape index (κ3) is 5.25. The highest BCUT2D eigenvalue weighted by Gasteiger charge is 2.52. The minimum Gasteiger partial charge on any atom is -0.497 e. The van der Waals surface area contributed by atoms with Gasteiger partial charge < -0.3 is 29.0 Å². The van der Waals surface area contributed by atoms with Gasteiger partial charge in [-0.2, -0.15) is 0 Å². The molecule has 11 nitrogen and oxygen atoms in total. The lowest BCUT2D eigenvalue weighted by Crippen LogP contribution is -2.53. The number of ketones is 1. The number of likely N-dealkylation sites (tertiary alicyclic amines) is 2. The molecule has 2 aliphatic heterocycles. The number of fused-ring (bicyclic) bond motifs is 2. The van der Waals surface area contributed by atoms with Crippen molar-refractivity contribution in [1.29, 1.82) is 0 Å². The van der Waals surface area contributed by atoms with Crippen LogP contribution < -0.4 is 14.8 Å². The quantitative estimate of drug-likeness (QED) is 0.356. The van der Waals surface area contributed by atoms with Crippen LogP contribution in [0.3, 0.4) is 0 Å². The van der Waals surface area contributed by atoms with Crippen LogP contribution in [0.1, 0.15) is 21.8 Å². The maximum Gasteiger partial charge on any atom is 0.415 e. The van der Waals surface area contributed by atoms with Crippen molar-refractivity contribution in [1.82, 2.24) is 20.1 Å². The number of hydrogen-bond donors (Lipinski definition) is 1. The second-order valence-electron chi connectivity index (χ2n) is 9.79. The van der Waals surface area contributed by atoms with Gasteiger partial charge in [0.25, 0.3) is 11.9 Å². The number of thiophene rings is 1. The number of amides is 3. The third-order valence-corrected chi connectivity index (χ3v) is 8.22. The third-order valence-electron chi connectivity index (χ3n) is 7.32. The molecule has 3 aromatic heterocycles. The van der Waals surface area contributed by atoms with E-state index in [-0.39, 0.29) is 42.8 Å². The first-order chi connectivity index (χ1) is 19.9. The monoisotopic (exact) mass is 574 g/mol. The number of pyridine rings is 1. The first kappa shape index (κ1) is 26.5. The minimum atomic E-state index is -1.00. The van der Waals surface area contributed by atoms with Crippen molar-refractivity contribution in [3.8, 4) is 11.7 Å². The van der Waals surface area contributed by atoms with Crippen molar-refractivity contribution in [2.75, 3.05) is 20.2 Å². The van der Waals surface area contributed by atoms with Gasteiger partial charge in [0.2, 0.25) is 5.91 Å². The number of carbonyl (C=O) groups is 4. The van der Waals surface area contributed by atoms with Crippen LogP contribution in [0.2, 0.25) is 0 Å². The molecule has 1 N–H and O–H groups in total. The number of nitrogens with zero attached hydrogens (tertiary/aromatic N) is 3. The maximum atomic E-state index is 13.9. The lowest BCUT2D eigenvalue weighted by Gasteiger charge is -2.28. The number of nitrogens with one attached hydrogen (secondary N) is 1. The zero-order valence-corrected chi connectivity index (χ0v) is 22.8. The number of aromatic nitrogens is 1. The molecule has 3 amide bonds. The van der Waals surface area contributed by atoms with E-state index in [1.165, 1.54) is 27.3 Å². The first-order valence-electron chi connectivity index (χ1n) is 13.0. The smallest absolute Gasteiger partial charge is 0.415 e. The zero-order valence-electron chi connectivity index (χ0n) is 22.0. The van der Waals surface area contributed by atoms with Gasteiger partial charge >= 0.3 is 6.09 Å². The van der Waals surface area contributed by atoms with Crippen molar-refractivity contribution < 1.29 is 33.1 Å². The zero-order chi connectivity index (χ0) is 28.5. The minimum absolute atomic E-state index is 0.0380. The number of methoxy groups -OCH3 is 1. The molecule has 0 spiro atoms. The number of ether oxygens (including phenoxy) is 2. The van der Waals surface area contributed by atoms with Crippen molar-refractivity contribution in [3.05, 3.63) is 76.7 Å². The summed E-state index contributed by atoms with van der Waals surface area (Å²) in [6.45, 7) is 0.172. The van der Waals surface area contributed by atoms with Gasteiger partial charge in [0.05, 0.1) is 19.7 Å².